The van der Waals surface area contributed by atoms with Gasteiger partial charge in [-0.3, -0.25) is 4.79 Å². The van der Waals surface area contributed by atoms with Crippen molar-refractivity contribution in [3.8, 4) is 17.2 Å². The molecule has 0 bridgehead atoms. The number of esters is 1. The van der Waals surface area contributed by atoms with E-state index in [0.29, 0.717) is 23.8 Å². The number of ether oxygens (including phenoxy) is 4. The summed E-state index contributed by atoms with van der Waals surface area (Å²) in [5.74, 6) is 1.01. The summed E-state index contributed by atoms with van der Waals surface area (Å²) >= 11 is 0. The Labute approximate surface area is 168 Å². The standard InChI is InChI=1S/C22H23NO6/c1-14(22(25)23-11-15-5-8-19-20(9-15)28-13-27-19)29-21(24)12-26-18-7-6-16-3-2-4-17(16)10-18/h5-10,14H,2-4,11-13H2,1H3,(H,23,25)/t14-/m1/s1. The Morgan fingerprint density at radius 3 is 2.79 bits per heavy atom. The van der Waals surface area contributed by atoms with Crippen LogP contribution < -0.4 is 19.5 Å². The third kappa shape index (κ3) is 4.62. The first kappa shape index (κ1) is 19.1. The molecule has 0 fully saturated rings. The molecule has 7 heteroatoms. The van der Waals surface area contributed by atoms with Gasteiger partial charge in [0.15, 0.2) is 24.2 Å². The van der Waals surface area contributed by atoms with E-state index in [4.69, 9.17) is 18.9 Å². The molecule has 2 aromatic carbocycles. The lowest BCUT2D eigenvalue weighted by Gasteiger charge is -2.14. The number of carbonyl (C=O) groups excluding carboxylic acids is 2. The predicted molar refractivity (Wildman–Crippen MR) is 104 cm³/mol. The van der Waals surface area contributed by atoms with Crippen LogP contribution in [0.25, 0.3) is 0 Å². The molecular weight excluding hydrogens is 374 g/mol. The van der Waals surface area contributed by atoms with Crippen molar-refractivity contribution in [1.29, 1.82) is 0 Å². The molecule has 1 N–H and O–H groups in total. The van der Waals surface area contributed by atoms with Crippen LogP contribution in [0.5, 0.6) is 17.2 Å². The molecule has 2 aromatic rings. The first-order chi connectivity index (χ1) is 14.1. The highest BCUT2D eigenvalue weighted by atomic mass is 16.7. The van der Waals surface area contributed by atoms with E-state index in [1.165, 1.54) is 18.1 Å². The van der Waals surface area contributed by atoms with E-state index in [-0.39, 0.29) is 19.3 Å². The average molecular weight is 397 g/mol. The molecule has 1 atom stereocenters. The molecule has 7 nitrogen and oxygen atoms in total. The second kappa shape index (κ2) is 8.43. The fraction of sp³-hybridized carbons (Fsp3) is 0.364. The zero-order chi connectivity index (χ0) is 20.2. The maximum atomic E-state index is 12.2. The van der Waals surface area contributed by atoms with Gasteiger partial charge in [-0.2, -0.15) is 0 Å². The molecule has 0 saturated heterocycles. The molecule has 1 aliphatic heterocycles. The lowest BCUT2D eigenvalue weighted by atomic mass is 10.1. The fourth-order valence-corrected chi connectivity index (χ4v) is 3.45. The summed E-state index contributed by atoms with van der Waals surface area (Å²) in [6.45, 7) is 1.79. The average Bonchev–Trinajstić information content (AvgIpc) is 3.38. The van der Waals surface area contributed by atoms with Gasteiger partial charge in [0, 0.05) is 6.54 Å². The topological polar surface area (TPSA) is 83.1 Å². The van der Waals surface area contributed by atoms with Crippen molar-refractivity contribution in [2.45, 2.75) is 38.8 Å². The second-order valence-electron chi connectivity index (χ2n) is 7.11. The zero-order valence-electron chi connectivity index (χ0n) is 16.2. The molecule has 1 amide bonds. The Kier molecular flexibility index (Phi) is 5.55. The minimum atomic E-state index is -0.917. The van der Waals surface area contributed by atoms with Gasteiger partial charge < -0.3 is 24.3 Å². The molecule has 29 heavy (non-hydrogen) atoms. The van der Waals surface area contributed by atoms with Crippen LogP contribution in [0.3, 0.4) is 0 Å². The minimum absolute atomic E-state index is 0.200. The van der Waals surface area contributed by atoms with Gasteiger partial charge in [-0.15, -0.1) is 0 Å². The molecule has 2 aliphatic rings. The summed E-state index contributed by atoms with van der Waals surface area (Å²) in [6, 6.07) is 11.3. The van der Waals surface area contributed by atoms with Crippen LogP contribution in [0.1, 0.15) is 30.0 Å². The highest BCUT2D eigenvalue weighted by molar-refractivity contribution is 5.83. The van der Waals surface area contributed by atoms with Gasteiger partial charge in [-0.25, -0.2) is 4.79 Å². The maximum Gasteiger partial charge on any atom is 0.344 e. The van der Waals surface area contributed by atoms with Crippen molar-refractivity contribution in [2.24, 2.45) is 0 Å². The summed E-state index contributed by atoms with van der Waals surface area (Å²) in [6.07, 6.45) is 2.37. The SMILES string of the molecule is C[C@@H](OC(=O)COc1ccc2c(c1)CCC2)C(=O)NCc1ccc2c(c1)OCO2. The largest absolute Gasteiger partial charge is 0.482 e. The number of hydrogen-bond acceptors (Lipinski definition) is 6. The monoisotopic (exact) mass is 397 g/mol. The van der Waals surface area contributed by atoms with Gasteiger partial charge in [0.1, 0.15) is 5.75 Å². The Hall–Kier alpha value is -3.22. The summed E-state index contributed by atoms with van der Waals surface area (Å²) in [5, 5.41) is 2.74. The lowest BCUT2D eigenvalue weighted by molar-refractivity contribution is -0.156. The van der Waals surface area contributed by atoms with Gasteiger partial charge in [0.2, 0.25) is 6.79 Å². The summed E-state index contributed by atoms with van der Waals surface area (Å²) in [7, 11) is 0. The van der Waals surface area contributed by atoms with Crippen molar-refractivity contribution in [3.63, 3.8) is 0 Å². The molecule has 0 unspecified atom stereocenters. The van der Waals surface area contributed by atoms with Crippen molar-refractivity contribution in [1.82, 2.24) is 5.32 Å². The van der Waals surface area contributed by atoms with Crippen molar-refractivity contribution in [3.05, 3.63) is 53.1 Å². The third-order valence-electron chi connectivity index (χ3n) is 5.01. The molecule has 4 rings (SSSR count). The summed E-state index contributed by atoms with van der Waals surface area (Å²) in [5.41, 5.74) is 3.47. The van der Waals surface area contributed by atoms with Crippen LogP contribution in [-0.4, -0.2) is 31.4 Å². The number of nitrogens with one attached hydrogen (secondary N) is 1. The second-order valence-corrected chi connectivity index (χ2v) is 7.11. The number of carbonyl (C=O) groups is 2. The number of fused-ring (bicyclic) bond motifs is 2. The van der Waals surface area contributed by atoms with Crippen LogP contribution in [-0.2, 0) is 33.7 Å². The Morgan fingerprint density at radius 1 is 1.07 bits per heavy atom. The number of benzene rings is 2. The molecule has 1 heterocycles. The van der Waals surface area contributed by atoms with Crippen LogP contribution in [0, 0.1) is 0 Å². The van der Waals surface area contributed by atoms with Crippen LogP contribution in [0.4, 0.5) is 0 Å². The molecular formula is C22H23NO6. The Morgan fingerprint density at radius 2 is 1.90 bits per heavy atom. The van der Waals surface area contributed by atoms with E-state index in [1.54, 1.807) is 6.07 Å². The van der Waals surface area contributed by atoms with Gasteiger partial charge in [-0.1, -0.05) is 12.1 Å². The Bertz CT molecular complexity index is 926. The first-order valence-electron chi connectivity index (χ1n) is 9.69. The zero-order valence-corrected chi connectivity index (χ0v) is 16.2. The van der Waals surface area contributed by atoms with E-state index >= 15 is 0 Å². The van der Waals surface area contributed by atoms with Gasteiger partial charge in [0.25, 0.3) is 5.91 Å². The minimum Gasteiger partial charge on any atom is -0.482 e. The molecule has 0 spiro atoms. The van der Waals surface area contributed by atoms with Gasteiger partial charge in [-0.05, 0) is 67.1 Å². The smallest absolute Gasteiger partial charge is 0.344 e. The highest BCUT2D eigenvalue weighted by Crippen LogP contribution is 2.32. The summed E-state index contributed by atoms with van der Waals surface area (Å²) in [4.78, 5) is 24.2. The molecule has 0 aromatic heterocycles. The fourth-order valence-electron chi connectivity index (χ4n) is 3.45. The molecule has 0 saturated carbocycles. The van der Waals surface area contributed by atoms with Crippen LogP contribution >= 0.6 is 0 Å². The van der Waals surface area contributed by atoms with E-state index in [0.717, 1.165) is 24.8 Å². The number of aryl methyl sites for hydroxylation is 2. The van der Waals surface area contributed by atoms with E-state index < -0.39 is 12.1 Å². The lowest BCUT2D eigenvalue weighted by Crippen LogP contribution is -2.36. The number of hydrogen-bond donors (Lipinski definition) is 1. The van der Waals surface area contributed by atoms with Crippen LogP contribution in [0.15, 0.2) is 36.4 Å². The number of amides is 1. The quantitative estimate of drug-likeness (QED) is 0.723. The van der Waals surface area contributed by atoms with E-state index in [9.17, 15) is 9.59 Å². The first-order valence-corrected chi connectivity index (χ1v) is 9.69. The number of rotatable bonds is 7. The third-order valence-corrected chi connectivity index (χ3v) is 5.01. The van der Waals surface area contributed by atoms with Crippen molar-refractivity contribution in [2.75, 3.05) is 13.4 Å². The summed E-state index contributed by atoms with van der Waals surface area (Å²) < 4.78 is 21.3. The van der Waals surface area contributed by atoms with Crippen molar-refractivity contribution >= 4 is 11.9 Å². The highest BCUT2D eigenvalue weighted by Gasteiger charge is 2.19. The molecule has 1 aliphatic carbocycles. The molecule has 152 valence electrons. The van der Waals surface area contributed by atoms with E-state index in [2.05, 4.69) is 5.32 Å². The van der Waals surface area contributed by atoms with Gasteiger partial charge >= 0.3 is 5.97 Å². The predicted octanol–water partition coefficient (Wildman–Crippen LogP) is 2.53. The van der Waals surface area contributed by atoms with Crippen LogP contribution in [0.2, 0.25) is 0 Å². The van der Waals surface area contributed by atoms with Crippen molar-refractivity contribution < 1.29 is 28.5 Å². The van der Waals surface area contributed by atoms with Gasteiger partial charge in [0.05, 0.1) is 0 Å². The normalized spacial score (nSPS) is 14.8. The molecule has 0 radical (unpaired) electrons. The maximum absolute atomic E-state index is 12.2. The Balaban J connectivity index is 1.21. The van der Waals surface area contributed by atoms with E-state index in [1.807, 2.05) is 30.3 Å².